The Labute approximate surface area is 259 Å². The lowest BCUT2D eigenvalue weighted by atomic mass is 9.93. The van der Waals surface area contributed by atoms with Crippen molar-refractivity contribution in [2.75, 3.05) is 44.3 Å². The molecule has 2 aliphatic rings. The van der Waals surface area contributed by atoms with Crippen LogP contribution < -0.4 is 11.1 Å². The summed E-state index contributed by atoms with van der Waals surface area (Å²) in [4.78, 5) is 26.8. The molecule has 1 amide bonds. The van der Waals surface area contributed by atoms with E-state index < -0.39 is 0 Å². The van der Waals surface area contributed by atoms with Crippen LogP contribution in [0.5, 0.6) is 0 Å². The number of carbonyl (C=O) groups is 1. The second kappa shape index (κ2) is 12.8. The van der Waals surface area contributed by atoms with E-state index in [2.05, 4.69) is 61.5 Å². The van der Waals surface area contributed by atoms with E-state index in [-0.39, 0.29) is 18.1 Å². The van der Waals surface area contributed by atoms with Gasteiger partial charge in [0.2, 0.25) is 0 Å². The Balaban J connectivity index is 1.20. The molecule has 1 saturated carbocycles. The van der Waals surface area contributed by atoms with E-state index in [4.69, 9.17) is 5.73 Å². The number of amides is 1. The Kier molecular flexibility index (Phi) is 8.67. The molecule has 0 unspecified atom stereocenters. The third-order valence-corrected chi connectivity index (χ3v) is 9.12. The minimum atomic E-state index is -0.238. The van der Waals surface area contributed by atoms with Crippen molar-refractivity contribution in [1.82, 2.24) is 24.3 Å². The molecule has 1 aliphatic carbocycles. The number of nitrogens with two attached hydrogens (primary N) is 1. The van der Waals surface area contributed by atoms with E-state index >= 15 is 0 Å². The Morgan fingerprint density at radius 3 is 2.48 bits per heavy atom. The first kappa shape index (κ1) is 29.8. The molecule has 4 N–H and O–H groups in total. The van der Waals surface area contributed by atoms with Crippen molar-refractivity contribution >= 4 is 28.4 Å². The van der Waals surface area contributed by atoms with Gasteiger partial charge in [-0.15, -0.1) is 0 Å². The summed E-state index contributed by atoms with van der Waals surface area (Å²) in [5.74, 6) is 6.88. The number of aryl methyl sites for hydroxylation is 2. The SMILES string of the molecule is Cc1ccc(NC(=O)c2ccc(CN3CCN(C)CC3)c(C)c2)cc1C#Cc1cn([C@H]2CC[C@H](O)CC2)c2ncnc(N)c12. The first-order valence-corrected chi connectivity index (χ1v) is 15.5. The average molecular weight is 592 g/mol. The lowest BCUT2D eigenvalue weighted by Gasteiger charge is -2.32. The van der Waals surface area contributed by atoms with Crippen molar-refractivity contribution in [3.63, 3.8) is 0 Å². The minimum Gasteiger partial charge on any atom is -0.393 e. The number of carbonyl (C=O) groups excluding carboxylic acids is 1. The van der Waals surface area contributed by atoms with Crippen LogP contribution in [-0.4, -0.2) is 74.7 Å². The van der Waals surface area contributed by atoms with Gasteiger partial charge in [-0.1, -0.05) is 24.0 Å². The molecule has 2 aromatic heterocycles. The fourth-order valence-electron chi connectivity index (χ4n) is 6.25. The second-order valence-electron chi connectivity index (χ2n) is 12.3. The van der Waals surface area contributed by atoms with Crippen molar-refractivity contribution in [1.29, 1.82) is 0 Å². The molecule has 228 valence electrons. The number of benzene rings is 2. The third-order valence-electron chi connectivity index (χ3n) is 9.12. The van der Waals surface area contributed by atoms with Gasteiger partial charge in [0.15, 0.2) is 0 Å². The fourth-order valence-corrected chi connectivity index (χ4v) is 6.25. The quantitative estimate of drug-likeness (QED) is 0.293. The molecule has 1 aliphatic heterocycles. The summed E-state index contributed by atoms with van der Waals surface area (Å²) in [6.07, 6.45) is 6.55. The first-order valence-electron chi connectivity index (χ1n) is 15.5. The fraction of sp³-hybridized carbons (Fsp3) is 0.400. The van der Waals surface area contributed by atoms with Crippen molar-refractivity contribution < 1.29 is 9.90 Å². The first-order chi connectivity index (χ1) is 21.2. The number of likely N-dealkylation sites (N-methyl/N-ethyl adjacent to an activating group) is 1. The number of aliphatic hydroxyl groups excluding tert-OH is 1. The molecule has 6 rings (SSSR count). The van der Waals surface area contributed by atoms with Crippen LogP contribution in [-0.2, 0) is 6.54 Å². The largest absolute Gasteiger partial charge is 0.393 e. The Morgan fingerprint density at radius 1 is 0.977 bits per heavy atom. The van der Waals surface area contributed by atoms with Gasteiger partial charge in [0.25, 0.3) is 5.91 Å². The van der Waals surface area contributed by atoms with E-state index in [0.717, 1.165) is 91.7 Å². The lowest BCUT2D eigenvalue weighted by molar-refractivity contribution is 0.102. The molecule has 2 fully saturated rings. The second-order valence-corrected chi connectivity index (χ2v) is 12.3. The number of hydrogen-bond donors (Lipinski definition) is 3. The number of fused-ring (bicyclic) bond motifs is 1. The summed E-state index contributed by atoms with van der Waals surface area (Å²) in [6.45, 7) is 9.28. The van der Waals surface area contributed by atoms with E-state index in [9.17, 15) is 9.90 Å². The Hall–Kier alpha value is -4.23. The van der Waals surface area contributed by atoms with Gasteiger partial charge in [-0.05, 0) is 87.5 Å². The Morgan fingerprint density at radius 2 is 1.73 bits per heavy atom. The molecule has 1 saturated heterocycles. The Bertz CT molecular complexity index is 1740. The number of aliphatic hydroxyl groups is 1. The molecule has 0 bridgehead atoms. The van der Waals surface area contributed by atoms with E-state index in [1.165, 1.54) is 11.9 Å². The van der Waals surface area contributed by atoms with Gasteiger partial charge in [0, 0.05) is 61.8 Å². The standard InChI is InChI=1S/C35H41N7O2/c1-23-4-9-29(39-35(44)26-6-7-27(24(2)18-26)20-41-16-14-40(3)15-17-41)19-25(23)5-8-28-21-42(30-10-12-31(43)13-11-30)34-32(28)33(36)37-22-38-34/h4,6-7,9,18-19,21-22,30-31,43H,10-17,20H2,1-3H3,(H,39,44)(H2,36,37,38)/t30-,31-. The van der Waals surface area contributed by atoms with Crippen LogP contribution in [0.2, 0.25) is 0 Å². The summed E-state index contributed by atoms with van der Waals surface area (Å²) < 4.78 is 2.14. The van der Waals surface area contributed by atoms with E-state index in [1.807, 2.05) is 43.5 Å². The van der Waals surface area contributed by atoms with Gasteiger partial charge < -0.3 is 25.6 Å². The highest BCUT2D eigenvalue weighted by molar-refractivity contribution is 6.04. The molecule has 9 heteroatoms. The number of anilines is 2. The number of piperazine rings is 1. The maximum absolute atomic E-state index is 13.2. The molecular weight excluding hydrogens is 550 g/mol. The predicted octanol–water partition coefficient (Wildman–Crippen LogP) is 4.51. The maximum atomic E-state index is 13.2. The van der Waals surface area contributed by atoms with Crippen LogP contribution in [0.1, 0.15) is 69.9 Å². The zero-order chi connectivity index (χ0) is 30.8. The van der Waals surface area contributed by atoms with Gasteiger partial charge >= 0.3 is 0 Å². The van der Waals surface area contributed by atoms with Crippen molar-refractivity contribution in [2.24, 2.45) is 0 Å². The van der Waals surface area contributed by atoms with Crippen LogP contribution >= 0.6 is 0 Å². The van der Waals surface area contributed by atoms with Crippen LogP contribution in [0.4, 0.5) is 11.5 Å². The van der Waals surface area contributed by atoms with Crippen LogP contribution in [0.25, 0.3) is 11.0 Å². The smallest absolute Gasteiger partial charge is 0.255 e. The van der Waals surface area contributed by atoms with Crippen molar-refractivity contribution in [3.8, 4) is 11.8 Å². The maximum Gasteiger partial charge on any atom is 0.255 e. The van der Waals surface area contributed by atoms with E-state index in [0.29, 0.717) is 17.1 Å². The molecule has 0 spiro atoms. The van der Waals surface area contributed by atoms with Gasteiger partial charge in [-0.25, -0.2) is 9.97 Å². The van der Waals surface area contributed by atoms with Crippen molar-refractivity contribution in [2.45, 2.75) is 58.2 Å². The van der Waals surface area contributed by atoms with E-state index in [1.54, 1.807) is 0 Å². The predicted molar refractivity (Wildman–Crippen MR) is 175 cm³/mol. The molecule has 0 atom stereocenters. The zero-order valence-electron chi connectivity index (χ0n) is 25.8. The number of aromatic nitrogens is 3. The molecule has 4 aromatic rings. The number of hydrogen-bond acceptors (Lipinski definition) is 7. The summed E-state index contributed by atoms with van der Waals surface area (Å²) in [5.41, 5.74) is 13.4. The molecule has 3 heterocycles. The van der Waals surface area contributed by atoms with Crippen LogP contribution in [0.3, 0.4) is 0 Å². The van der Waals surface area contributed by atoms with Crippen LogP contribution in [0.15, 0.2) is 48.9 Å². The van der Waals surface area contributed by atoms with Gasteiger partial charge in [0.1, 0.15) is 17.8 Å². The monoisotopic (exact) mass is 591 g/mol. The van der Waals surface area contributed by atoms with Crippen LogP contribution in [0, 0.1) is 25.7 Å². The summed E-state index contributed by atoms with van der Waals surface area (Å²) in [7, 11) is 2.16. The molecular formula is C35H41N7O2. The number of nitrogens with zero attached hydrogens (tertiary/aromatic N) is 5. The normalized spacial score (nSPS) is 19.5. The summed E-state index contributed by atoms with van der Waals surface area (Å²) in [5, 5.41) is 13.8. The molecule has 2 aromatic carbocycles. The van der Waals surface area contributed by atoms with Gasteiger partial charge in [-0.2, -0.15) is 0 Å². The minimum absolute atomic E-state index is 0.146. The van der Waals surface area contributed by atoms with Gasteiger partial charge in [-0.3, -0.25) is 9.69 Å². The highest BCUT2D eigenvalue weighted by Gasteiger charge is 2.24. The topological polar surface area (TPSA) is 113 Å². The average Bonchev–Trinajstić information content (AvgIpc) is 3.39. The molecule has 9 nitrogen and oxygen atoms in total. The molecule has 44 heavy (non-hydrogen) atoms. The lowest BCUT2D eigenvalue weighted by Crippen LogP contribution is -2.43. The number of nitrogens with one attached hydrogen (secondary N) is 1. The molecule has 0 radical (unpaired) electrons. The number of rotatable bonds is 5. The highest BCUT2D eigenvalue weighted by Crippen LogP contribution is 2.34. The van der Waals surface area contributed by atoms with Gasteiger partial charge in [0.05, 0.1) is 17.1 Å². The van der Waals surface area contributed by atoms with Crippen molar-refractivity contribution in [3.05, 3.63) is 82.3 Å². The zero-order valence-corrected chi connectivity index (χ0v) is 25.8. The summed E-state index contributed by atoms with van der Waals surface area (Å²) >= 11 is 0. The number of nitrogen functional groups attached to an aromatic ring is 1. The third kappa shape index (κ3) is 6.48. The summed E-state index contributed by atoms with van der Waals surface area (Å²) in [6, 6.07) is 12.0. The highest BCUT2D eigenvalue weighted by atomic mass is 16.3.